The van der Waals surface area contributed by atoms with Crippen LogP contribution in [0.2, 0.25) is 0 Å². The van der Waals surface area contributed by atoms with Gasteiger partial charge in [-0.15, -0.1) is 0 Å². The summed E-state index contributed by atoms with van der Waals surface area (Å²) in [5.41, 5.74) is 5.84. The van der Waals surface area contributed by atoms with Crippen molar-refractivity contribution in [2.45, 2.75) is 26.3 Å². The van der Waals surface area contributed by atoms with Crippen LogP contribution in [0.4, 0.5) is 0 Å². The fraction of sp³-hybridized carbons (Fsp3) is 1.00. The average Bonchev–Trinajstić information content (AvgIpc) is 1.82. The third-order valence-corrected chi connectivity index (χ3v) is 1.77. The van der Waals surface area contributed by atoms with E-state index in [0.29, 0.717) is 12.0 Å². The Hall–Kier alpha value is -0.0800. The van der Waals surface area contributed by atoms with E-state index in [1.807, 2.05) is 0 Å². The molecule has 0 heterocycles. The number of hydrogen-bond acceptors (Lipinski definition) is 2. The molecule has 2 nitrogen and oxygen atoms in total. The first-order valence-electron chi connectivity index (χ1n) is 3.94. The average molecular weight is 144 g/mol. The third-order valence-electron chi connectivity index (χ3n) is 1.77. The Balaban J connectivity index is 3.30. The Morgan fingerprint density at radius 3 is 2.10 bits per heavy atom. The predicted molar refractivity (Wildman–Crippen MR) is 46.0 cm³/mol. The summed E-state index contributed by atoms with van der Waals surface area (Å²) < 4.78 is 0. The van der Waals surface area contributed by atoms with E-state index in [4.69, 9.17) is 5.73 Å². The summed E-state index contributed by atoms with van der Waals surface area (Å²) in [6.45, 7) is 5.43. The molecule has 0 aromatic carbocycles. The minimum Gasteiger partial charge on any atom is -0.327 e. The van der Waals surface area contributed by atoms with Gasteiger partial charge in [-0.2, -0.15) is 0 Å². The second kappa shape index (κ2) is 4.69. The summed E-state index contributed by atoms with van der Waals surface area (Å²) >= 11 is 0. The quantitative estimate of drug-likeness (QED) is 0.636. The Morgan fingerprint density at radius 1 is 1.30 bits per heavy atom. The molecule has 0 bridgehead atoms. The molecule has 0 unspecified atom stereocenters. The van der Waals surface area contributed by atoms with Crippen LogP contribution >= 0.6 is 0 Å². The number of hydrogen-bond donors (Lipinski definition) is 1. The molecule has 0 rings (SSSR count). The van der Waals surface area contributed by atoms with Crippen molar-refractivity contribution in [2.24, 2.45) is 11.7 Å². The lowest BCUT2D eigenvalue weighted by Crippen LogP contribution is -2.30. The largest absolute Gasteiger partial charge is 0.327 e. The lowest BCUT2D eigenvalue weighted by molar-refractivity contribution is 0.352. The fourth-order valence-corrected chi connectivity index (χ4v) is 0.741. The predicted octanol–water partition coefficient (Wildman–Crippen LogP) is 0.921. The van der Waals surface area contributed by atoms with Gasteiger partial charge >= 0.3 is 0 Å². The summed E-state index contributed by atoms with van der Waals surface area (Å²) in [4.78, 5) is 2.17. The molecule has 62 valence electrons. The topological polar surface area (TPSA) is 29.3 Å². The van der Waals surface area contributed by atoms with Crippen LogP contribution in [0, 0.1) is 5.92 Å². The van der Waals surface area contributed by atoms with Gasteiger partial charge in [-0.3, -0.25) is 0 Å². The Kier molecular flexibility index (Phi) is 4.65. The minimum absolute atomic E-state index is 0.363. The maximum atomic E-state index is 5.84. The molecule has 1 atom stereocenters. The first kappa shape index (κ1) is 9.92. The van der Waals surface area contributed by atoms with E-state index < -0.39 is 0 Å². The van der Waals surface area contributed by atoms with Gasteiger partial charge in [0.2, 0.25) is 0 Å². The minimum atomic E-state index is 0.363. The summed E-state index contributed by atoms with van der Waals surface area (Å²) in [7, 11) is 4.15. The van der Waals surface area contributed by atoms with Crippen molar-refractivity contribution in [2.75, 3.05) is 20.6 Å². The molecule has 2 heteroatoms. The number of rotatable bonds is 4. The molecule has 2 N–H and O–H groups in total. The molecule has 0 aromatic rings. The second-order valence-corrected chi connectivity index (χ2v) is 3.50. The van der Waals surface area contributed by atoms with Crippen molar-refractivity contribution < 1.29 is 0 Å². The highest BCUT2D eigenvalue weighted by molar-refractivity contribution is 4.65. The molecule has 0 radical (unpaired) electrons. The van der Waals surface area contributed by atoms with E-state index in [1.165, 1.54) is 0 Å². The zero-order valence-electron chi connectivity index (χ0n) is 7.59. The molecule has 10 heavy (non-hydrogen) atoms. The SMILES string of the molecule is CC(C)[C@@H](N)CCN(C)C. The van der Waals surface area contributed by atoms with Gasteiger partial charge in [0, 0.05) is 6.04 Å². The summed E-state index contributed by atoms with van der Waals surface area (Å²) in [6, 6.07) is 0.363. The normalized spacial score (nSPS) is 14.7. The van der Waals surface area contributed by atoms with E-state index in [0.717, 1.165) is 13.0 Å². The van der Waals surface area contributed by atoms with E-state index in [1.54, 1.807) is 0 Å². The second-order valence-electron chi connectivity index (χ2n) is 3.50. The molecule has 0 aromatic heterocycles. The van der Waals surface area contributed by atoms with Gasteiger partial charge in [-0.05, 0) is 33.0 Å². The van der Waals surface area contributed by atoms with Crippen LogP contribution in [0.3, 0.4) is 0 Å². The zero-order chi connectivity index (χ0) is 8.15. The molecule has 0 saturated heterocycles. The summed E-state index contributed by atoms with van der Waals surface area (Å²) in [5, 5.41) is 0. The molecule has 0 aliphatic heterocycles. The van der Waals surface area contributed by atoms with Gasteiger partial charge in [0.25, 0.3) is 0 Å². The van der Waals surface area contributed by atoms with Gasteiger partial charge < -0.3 is 10.6 Å². The highest BCUT2D eigenvalue weighted by Crippen LogP contribution is 2.02. The van der Waals surface area contributed by atoms with E-state index in [9.17, 15) is 0 Å². The molecule has 0 fully saturated rings. The highest BCUT2D eigenvalue weighted by Gasteiger charge is 2.06. The standard InChI is InChI=1S/C8H20N2/c1-7(2)8(9)5-6-10(3)4/h7-8H,5-6,9H2,1-4H3/t8-/m0/s1. The third kappa shape index (κ3) is 4.77. The summed E-state index contributed by atoms with van der Waals surface area (Å²) in [6.07, 6.45) is 1.10. The Labute approximate surface area is 64.4 Å². The van der Waals surface area contributed by atoms with Crippen molar-refractivity contribution in [3.63, 3.8) is 0 Å². The lowest BCUT2D eigenvalue weighted by atomic mass is 10.0. The number of nitrogens with two attached hydrogens (primary N) is 1. The van der Waals surface area contributed by atoms with Crippen LogP contribution in [-0.2, 0) is 0 Å². The molecular formula is C8H20N2. The first-order chi connectivity index (χ1) is 4.54. The van der Waals surface area contributed by atoms with Gasteiger partial charge in [-0.25, -0.2) is 0 Å². The van der Waals surface area contributed by atoms with Crippen LogP contribution in [0.25, 0.3) is 0 Å². The molecule has 0 amide bonds. The summed E-state index contributed by atoms with van der Waals surface area (Å²) in [5.74, 6) is 0.611. The van der Waals surface area contributed by atoms with Gasteiger partial charge in [0.1, 0.15) is 0 Å². The van der Waals surface area contributed by atoms with Crippen molar-refractivity contribution in [1.29, 1.82) is 0 Å². The van der Waals surface area contributed by atoms with E-state index >= 15 is 0 Å². The van der Waals surface area contributed by atoms with Crippen LogP contribution in [0.5, 0.6) is 0 Å². The molecule has 0 aliphatic carbocycles. The van der Waals surface area contributed by atoms with E-state index in [2.05, 4.69) is 32.8 Å². The Bertz CT molecular complexity index is 79.3. The van der Waals surface area contributed by atoms with Crippen LogP contribution in [0.15, 0.2) is 0 Å². The van der Waals surface area contributed by atoms with Gasteiger partial charge in [0.05, 0.1) is 0 Å². The van der Waals surface area contributed by atoms with Gasteiger partial charge in [-0.1, -0.05) is 13.8 Å². The number of nitrogens with zero attached hydrogens (tertiary/aromatic N) is 1. The van der Waals surface area contributed by atoms with Crippen molar-refractivity contribution in [3.8, 4) is 0 Å². The van der Waals surface area contributed by atoms with Crippen molar-refractivity contribution in [1.82, 2.24) is 4.90 Å². The first-order valence-corrected chi connectivity index (χ1v) is 3.94. The van der Waals surface area contributed by atoms with Crippen molar-refractivity contribution >= 4 is 0 Å². The van der Waals surface area contributed by atoms with Crippen LogP contribution in [-0.4, -0.2) is 31.6 Å². The van der Waals surface area contributed by atoms with Crippen molar-refractivity contribution in [3.05, 3.63) is 0 Å². The lowest BCUT2D eigenvalue weighted by Gasteiger charge is -2.17. The monoisotopic (exact) mass is 144 g/mol. The molecular weight excluding hydrogens is 124 g/mol. The van der Waals surface area contributed by atoms with Crippen LogP contribution in [0.1, 0.15) is 20.3 Å². The molecule has 0 spiro atoms. The molecule has 0 saturated carbocycles. The maximum absolute atomic E-state index is 5.84. The fourth-order valence-electron chi connectivity index (χ4n) is 0.741. The van der Waals surface area contributed by atoms with E-state index in [-0.39, 0.29) is 0 Å². The highest BCUT2D eigenvalue weighted by atomic mass is 15.0. The van der Waals surface area contributed by atoms with Crippen LogP contribution < -0.4 is 5.73 Å². The Morgan fingerprint density at radius 2 is 1.80 bits per heavy atom. The smallest absolute Gasteiger partial charge is 0.00740 e. The van der Waals surface area contributed by atoms with Gasteiger partial charge in [0.15, 0.2) is 0 Å². The zero-order valence-corrected chi connectivity index (χ0v) is 7.59. The maximum Gasteiger partial charge on any atom is 0.00740 e. The molecule has 0 aliphatic rings.